The topological polar surface area (TPSA) is 92.6 Å². The third-order valence-electron chi connectivity index (χ3n) is 2.54. The van der Waals surface area contributed by atoms with Gasteiger partial charge >= 0.3 is 0 Å². The van der Waals surface area contributed by atoms with E-state index in [0.717, 1.165) is 5.82 Å². The lowest BCUT2D eigenvalue weighted by atomic mass is 10.3. The molecule has 0 saturated heterocycles. The fourth-order valence-electron chi connectivity index (χ4n) is 1.70. The quantitative estimate of drug-likeness (QED) is 0.667. The molecule has 0 atom stereocenters. The van der Waals surface area contributed by atoms with E-state index in [-0.39, 0.29) is 11.7 Å². The van der Waals surface area contributed by atoms with Gasteiger partial charge in [0.2, 0.25) is 5.82 Å². The SMILES string of the molecule is O=C(c1ncn[nH]1)N1CCn2cnnc2C1. The number of fused-ring (bicyclic) bond motifs is 1. The van der Waals surface area contributed by atoms with E-state index < -0.39 is 0 Å². The van der Waals surface area contributed by atoms with Crippen LogP contribution in [0.2, 0.25) is 0 Å². The van der Waals surface area contributed by atoms with E-state index in [0.29, 0.717) is 19.6 Å². The summed E-state index contributed by atoms with van der Waals surface area (Å²) >= 11 is 0. The summed E-state index contributed by atoms with van der Waals surface area (Å²) in [6.45, 7) is 1.80. The molecule has 0 spiro atoms. The number of hydrogen-bond acceptors (Lipinski definition) is 5. The van der Waals surface area contributed by atoms with Crippen molar-refractivity contribution in [2.45, 2.75) is 13.1 Å². The van der Waals surface area contributed by atoms with Gasteiger partial charge in [0.1, 0.15) is 12.7 Å². The van der Waals surface area contributed by atoms with Gasteiger partial charge in [-0.05, 0) is 0 Å². The van der Waals surface area contributed by atoms with E-state index >= 15 is 0 Å². The van der Waals surface area contributed by atoms with Gasteiger partial charge in [0.25, 0.3) is 5.91 Å². The van der Waals surface area contributed by atoms with Crippen molar-refractivity contribution in [2.24, 2.45) is 0 Å². The van der Waals surface area contributed by atoms with Crippen molar-refractivity contribution in [1.82, 2.24) is 34.8 Å². The number of H-pyrrole nitrogens is 1. The molecule has 1 aliphatic rings. The maximum Gasteiger partial charge on any atom is 0.291 e. The second-order valence-corrected chi connectivity index (χ2v) is 3.50. The van der Waals surface area contributed by atoms with Crippen LogP contribution in [0, 0.1) is 0 Å². The van der Waals surface area contributed by atoms with E-state index in [1.165, 1.54) is 6.33 Å². The minimum atomic E-state index is -0.160. The maximum absolute atomic E-state index is 11.9. The molecule has 2 aromatic rings. The Morgan fingerprint density at radius 2 is 2.38 bits per heavy atom. The zero-order valence-corrected chi connectivity index (χ0v) is 8.37. The molecule has 16 heavy (non-hydrogen) atoms. The standard InChI is InChI=1S/C8H9N7O/c16-8(7-9-4-10-13-7)14-1-2-15-5-11-12-6(15)3-14/h4-5H,1-3H2,(H,9,10,13). The summed E-state index contributed by atoms with van der Waals surface area (Å²) in [5, 5.41) is 14.0. The molecule has 82 valence electrons. The van der Waals surface area contributed by atoms with Gasteiger partial charge in [-0.2, -0.15) is 5.10 Å². The van der Waals surface area contributed by atoms with Crippen molar-refractivity contribution < 1.29 is 4.79 Å². The van der Waals surface area contributed by atoms with Crippen molar-refractivity contribution in [3.8, 4) is 0 Å². The highest BCUT2D eigenvalue weighted by Crippen LogP contribution is 2.10. The Morgan fingerprint density at radius 1 is 1.44 bits per heavy atom. The maximum atomic E-state index is 11.9. The molecular weight excluding hydrogens is 210 g/mol. The summed E-state index contributed by atoms with van der Waals surface area (Å²) in [6.07, 6.45) is 2.99. The predicted molar refractivity (Wildman–Crippen MR) is 51.1 cm³/mol. The molecule has 8 heteroatoms. The summed E-state index contributed by atoms with van der Waals surface area (Å²) < 4.78 is 1.93. The number of carbonyl (C=O) groups is 1. The van der Waals surface area contributed by atoms with Crippen molar-refractivity contribution >= 4 is 5.91 Å². The summed E-state index contributed by atoms with van der Waals surface area (Å²) in [4.78, 5) is 17.4. The van der Waals surface area contributed by atoms with Crippen LogP contribution in [0.25, 0.3) is 0 Å². The summed E-state index contributed by atoms with van der Waals surface area (Å²) in [5.74, 6) is 0.888. The first kappa shape index (κ1) is 9.01. The van der Waals surface area contributed by atoms with Crippen LogP contribution in [0.1, 0.15) is 16.4 Å². The number of carbonyl (C=O) groups excluding carboxylic acids is 1. The van der Waals surface area contributed by atoms with Crippen LogP contribution in [-0.4, -0.2) is 47.3 Å². The van der Waals surface area contributed by atoms with E-state index in [9.17, 15) is 4.79 Å². The average molecular weight is 219 g/mol. The van der Waals surface area contributed by atoms with E-state index in [1.807, 2.05) is 4.57 Å². The average Bonchev–Trinajstić information content (AvgIpc) is 2.98. The molecule has 0 aromatic carbocycles. The zero-order chi connectivity index (χ0) is 11.0. The minimum absolute atomic E-state index is 0.160. The number of aromatic nitrogens is 6. The highest BCUT2D eigenvalue weighted by molar-refractivity contribution is 5.90. The summed E-state index contributed by atoms with van der Waals surface area (Å²) in [6, 6.07) is 0. The molecule has 0 saturated carbocycles. The Balaban J connectivity index is 1.81. The molecular formula is C8H9N7O. The van der Waals surface area contributed by atoms with Crippen molar-refractivity contribution in [3.05, 3.63) is 24.3 Å². The predicted octanol–water partition coefficient (Wildman–Crippen LogP) is -0.948. The molecule has 3 heterocycles. The van der Waals surface area contributed by atoms with Gasteiger partial charge in [0.05, 0.1) is 6.54 Å². The zero-order valence-electron chi connectivity index (χ0n) is 8.37. The van der Waals surface area contributed by atoms with E-state index in [1.54, 1.807) is 11.2 Å². The first-order valence-corrected chi connectivity index (χ1v) is 4.86. The van der Waals surface area contributed by atoms with Crippen molar-refractivity contribution in [1.29, 1.82) is 0 Å². The first-order chi connectivity index (χ1) is 7.84. The number of nitrogens with zero attached hydrogens (tertiary/aromatic N) is 6. The van der Waals surface area contributed by atoms with Crippen LogP contribution >= 0.6 is 0 Å². The van der Waals surface area contributed by atoms with Gasteiger partial charge in [-0.25, -0.2) is 4.98 Å². The molecule has 0 aliphatic carbocycles. The van der Waals surface area contributed by atoms with Gasteiger partial charge in [0, 0.05) is 13.1 Å². The van der Waals surface area contributed by atoms with Crippen LogP contribution in [0.4, 0.5) is 0 Å². The molecule has 3 rings (SSSR count). The van der Waals surface area contributed by atoms with Gasteiger partial charge in [-0.15, -0.1) is 10.2 Å². The number of rotatable bonds is 1. The Kier molecular flexibility index (Phi) is 1.92. The second kappa shape index (κ2) is 3.40. The lowest BCUT2D eigenvalue weighted by molar-refractivity contribution is 0.0695. The summed E-state index contributed by atoms with van der Waals surface area (Å²) in [7, 11) is 0. The van der Waals surface area contributed by atoms with Crippen LogP contribution < -0.4 is 0 Å². The Hall–Kier alpha value is -2.25. The third-order valence-corrected chi connectivity index (χ3v) is 2.54. The minimum Gasteiger partial charge on any atom is -0.327 e. The molecule has 0 unspecified atom stereocenters. The highest BCUT2D eigenvalue weighted by Gasteiger charge is 2.24. The van der Waals surface area contributed by atoms with E-state index in [4.69, 9.17) is 0 Å². The molecule has 0 bridgehead atoms. The molecule has 2 aromatic heterocycles. The van der Waals surface area contributed by atoms with Crippen molar-refractivity contribution in [2.75, 3.05) is 6.54 Å². The molecule has 0 radical (unpaired) electrons. The van der Waals surface area contributed by atoms with Crippen LogP contribution in [0.15, 0.2) is 12.7 Å². The van der Waals surface area contributed by atoms with Crippen LogP contribution in [0.3, 0.4) is 0 Å². The van der Waals surface area contributed by atoms with Gasteiger partial charge in [-0.1, -0.05) is 0 Å². The number of aromatic amines is 1. The van der Waals surface area contributed by atoms with E-state index in [2.05, 4.69) is 25.4 Å². The monoisotopic (exact) mass is 219 g/mol. The lowest BCUT2D eigenvalue weighted by Gasteiger charge is -2.25. The van der Waals surface area contributed by atoms with Gasteiger partial charge in [-0.3, -0.25) is 9.89 Å². The number of hydrogen-bond donors (Lipinski definition) is 1. The molecule has 8 nitrogen and oxygen atoms in total. The lowest BCUT2D eigenvalue weighted by Crippen LogP contribution is -2.38. The second-order valence-electron chi connectivity index (χ2n) is 3.50. The normalized spacial score (nSPS) is 14.9. The fraction of sp³-hybridized carbons (Fsp3) is 0.375. The largest absolute Gasteiger partial charge is 0.327 e. The Bertz CT molecular complexity index is 502. The Morgan fingerprint density at radius 3 is 3.19 bits per heavy atom. The first-order valence-electron chi connectivity index (χ1n) is 4.86. The number of amides is 1. The Labute approximate surface area is 90.3 Å². The smallest absolute Gasteiger partial charge is 0.291 e. The third kappa shape index (κ3) is 1.35. The molecule has 1 amide bonds. The van der Waals surface area contributed by atoms with Gasteiger partial charge < -0.3 is 9.47 Å². The number of nitrogens with one attached hydrogen (secondary N) is 1. The molecule has 0 fully saturated rings. The summed E-state index contributed by atoms with van der Waals surface area (Å²) in [5.41, 5.74) is 0. The molecule has 1 N–H and O–H groups in total. The van der Waals surface area contributed by atoms with Gasteiger partial charge in [0.15, 0.2) is 5.82 Å². The van der Waals surface area contributed by atoms with Crippen molar-refractivity contribution in [3.63, 3.8) is 0 Å². The van der Waals surface area contributed by atoms with Crippen LogP contribution in [0.5, 0.6) is 0 Å². The fourth-order valence-corrected chi connectivity index (χ4v) is 1.70. The highest BCUT2D eigenvalue weighted by atomic mass is 16.2. The molecule has 1 aliphatic heterocycles. The van der Waals surface area contributed by atoms with Crippen LogP contribution in [-0.2, 0) is 13.1 Å².